The molecule has 0 radical (unpaired) electrons. The van der Waals surface area contributed by atoms with Crippen molar-refractivity contribution in [1.29, 1.82) is 0 Å². The summed E-state index contributed by atoms with van der Waals surface area (Å²) in [6.07, 6.45) is 1.65. The van der Waals surface area contributed by atoms with Gasteiger partial charge < -0.3 is 10.0 Å². The van der Waals surface area contributed by atoms with Crippen molar-refractivity contribution in [2.45, 2.75) is 33.1 Å². The normalized spacial score (nSPS) is 11.6. The van der Waals surface area contributed by atoms with Crippen LogP contribution in [0.3, 0.4) is 0 Å². The van der Waals surface area contributed by atoms with Gasteiger partial charge in [-0.3, -0.25) is 9.78 Å². The summed E-state index contributed by atoms with van der Waals surface area (Å²) < 4.78 is 0. The van der Waals surface area contributed by atoms with Crippen LogP contribution in [0.5, 0.6) is 0 Å². The molecule has 0 aliphatic carbocycles. The van der Waals surface area contributed by atoms with Crippen molar-refractivity contribution in [1.82, 2.24) is 20.1 Å². The van der Waals surface area contributed by atoms with Crippen LogP contribution >= 0.6 is 0 Å². The Labute approximate surface area is 112 Å². The number of H-pyrrole nitrogens is 2. The molecule has 0 aliphatic heterocycles. The van der Waals surface area contributed by atoms with E-state index in [4.69, 9.17) is 0 Å². The second kappa shape index (κ2) is 6.51. The third-order valence-electron chi connectivity index (χ3n) is 3.70. The predicted octanol–water partition coefficient (Wildman–Crippen LogP) is -0.102. The van der Waals surface area contributed by atoms with Gasteiger partial charge in [-0.2, -0.15) is 5.10 Å². The minimum atomic E-state index is -0.419. The van der Waals surface area contributed by atoms with Crippen LogP contribution in [-0.4, -0.2) is 51.3 Å². The molecule has 1 heterocycles. The SMILES string of the molecule is CCC(CC)(CO)CN(C)C(=O)Cc1n[nH]c(=O)[nH]1. The Morgan fingerprint density at radius 1 is 1.42 bits per heavy atom. The molecule has 0 atom stereocenters. The van der Waals surface area contributed by atoms with Gasteiger partial charge in [0.1, 0.15) is 5.82 Å². The number of aliphatic hydroxyl groups excluding tert-OH is 1. The number of nitrogens with one attached hydrogen (secondary N) is 2. The third-order valence-corrected chi connectivity index (χ3v) is 3.70. The Kier molecular flexibility index (Phi) is 5.29. The van der Waals surface area contributed by atoms with E-state index in [-0.39, 0.29) is 24.3 Å². The number of hydrogen-bond acceptors (Lipinski definition) is 4. The first-order valence-electron chi connectivity index (χ1n) is 6.44. The molecule has 0 saturated heterocycles. The zero-order valence-corrected chi connectivity index (χ0v) is 11.7. The van der Waals surface area contributed by atoms with Crippen LogP contribution in [0.2, 0.25) is 0 Å². The number of hydrogen-bond donors (Lipinski definition) is 3. The summed E-state index contributed by atoms with van der Waals surface area (Å²) >= 11 is 0. The highest BCUT2D eigenvalue weighted by molar-refractivity contribution is 5.77. The molecule has 1 rings (SSSR count). The average Bonchev–Trinajstić information content (AvgIpc) is 2.81. The van der Waals surface area contributed by atoms with E-state index >= 15 is 0 Å². The number of aromatic nitrogens is 3. The van der Waals surface area contributed by atoms with Crippen LogP contribution < -0.4 is 5.69 Å². The number of rotatable bonds is 7. The topological polar surface area (TPSA) is 102 Å². The first-order chi connectivity index (χ1) is 8.96. The molecular weight excluding hydrogens is 248 g/mol. The standard InChI is InChI=1S/C12H22N4O3/c1-4-12(5-2,8-17)7-16(3)10(18)6-9-13-11(19)15-14-9/h17H,4-8H2,1-3H3,(H2,13,14,15,19). The minimum absolute atomic E-state index is 0.0458. The molecule has 0 spiro atoms. The second-order valence-corrected chi connectivity index (χ2v) is 4.92. The van der Waals surface area contributed by atoms with Gasteiger partial charge in [-0.05, 0) is 12.8 Å². The Balaban J connectivity index is 2.64. The maximum atomic E-state index is 12.0. The summed E-state index contributed by atoms with van der Waals surface area (Å²) in [4.78, 5) is 26.9. The van der Waals surface area contributed by atoms with Gasteiger partial charge in [0, 0.05) is 19.0 Å². The molecule has 1 aromatic heterocycles. The summed E-state index contributed by atoms with van der Waals surface area (Å²) in [6.45, 7) is 4.55. The number of aliphatic hydroxyl groups is 1. The molecule has 0 saturated carbocycles. The van der Waals surface area contributed by atoms with Crippen LogP contribution in [0.1, 0.15) is 32.5 Å². The van der Waals surface area contributed by atoms with Gasteiger partial charge in [0.15, 0.2) is 0 Å². The maximum absolute atomic E-state index is 12.0. The number of carbonyl (C=O) groups excluding carboxylic acids is 1. The summed E-state index contributed by atoms with van der Waals surface area (Å²) in [5.74, 6) is 0.187. The molecule has 7 nitrogen and oxygen atoms in total. The van der Waals surface area contributed by atoms with Crippen LogP contribution in [0.4, 0.5) is 0 Å². The highest BCUT2D eigenvalue weighted by Crippen LogP contribution is 2.26. The lowest BCUT2D eigenvalue weighted by atomic mass is 9.83. The van der Waals surface area contributed by atoms with Gasteiger partial charge in [-0.15, -0.1) is 0 Å². The lowest BCUT2D eigenvalue weighted by Gasteiger charge is -2.33. The molecule has 0 unspecified atom stereocenters. The molecule has 1 aromatic rings. The smallest absolute Gasteiger partial charge is 0.340 e. The summed E-state index contributed by atoms with van der Waals surface area (Å²) in [7, 11) is 1.70. The molecule has 1 amide bonds. The largest absolute Gasteiger partial charge is 0.396 e. The van der Waals surface area contributed by atoms with Crippen molar-refractivity contribution in [2.75, 3.05) is 20.2 Å². The van der Waals surface area contributed by atoms with E-state index < -0.39 is 5.69 Å². The van der Waals surface area contributed by atoms with Gasteiger partial charge in [0.05, 0.1) is 13.0 Å². The number of carbonyl (C=O) groups is 1. The van der Waals surface area contributed by atoms with E-state index in [1.807, 2.05) is 13.8 Å². The maximum Gasteiger partial charge on any atom is 0.340 e. The Bertz CT molecular complexity index is 453. The van der Waals surface area contributed by atoms with Crippen LogP contribution in [-0.2, 0) is 11.2 Å². The van der Waals surface area contributed by atoms with Crippen molar-refractivity contribution < 1.29 is 9.90 Å². The van der Waals surface area contributed by atoms with E-state index in [1.165, 1.54) is 0 Å². The van der Waals surface area contributed by atoms with Crippen molar-refractivity contribution in [3.05, 3.63) is 16.3 Å². The molecule has 0 fully saturated rings. The molecular formula is C12H22N4O3. The first kappa shape index (κ1) is 15.4. The molecule has 0 bridgehead atoms. The lowest BCUT2D eigenvalue weighted by molar-refractivity contribution is -0.131. The Morgan fingerprint density at radius 3 is 2.47 bits per heavy atom. The lowest BCUT2D eigenvalue weighted by Crippen LogP contribution is -2.41. The molecule has 7 heteroatoms. The molecule has 0 aliphatic rings. The van der Waals surface area contributed by atoms with Gasteiger partial charge in [0.25, 0.3) is 0 Å². The number of amides is 1. The number of nitrogens with zero attached hydrogens (tertiary/aromatic N) is 2. The fraction of sp³-hybridized carbons (Fsp3) is 0.750. The highest BCUT2D eigenvalue weighted by atomic mass is 16.3. The van der Waals surface area contributed by atoms with Crippen LogP contribution in [0, 0.1) is 5.41 Å². The van der Waals surface area contributed by atoms with Crippen LogP contribution in [0.25, 0.3) is 0 Å². The molecule has 19 heavy (non-hydrogen) atoms. The van der Waals surface area contributed by atoms with E-state index in [2.05, 4.69) is 15.2 Å². The predicted molar refractivity (Wildman–Crippen MR) is 70.7 cm³/mol. The number of likely N-dealkylation sites (N-methyl/N-ethyl adjacent to an activating group) is 1. The first-order valence-corrected chi connectivity index (χ1v) is 6.44. The van der Waals surface area contributed by atoms with Crippen LogP contribution in [0.15, 0.2) is 4.79 Å². The van der Waals surface area contributed by atoms with Gasteiger partial charge in [-0.1, -0.05) is 13.8 Å². The van der Waals surface area contributed by atoms with E-state index in [9.17, 15) is 14.7 Å². The quantitative estimate of drug-likeness (QED) is 0.643. The zero-order chi connectivity index (χ0) is 14.5. The summed E-state index contributed by atoms with van der Waals surface area (Å²) in [6, 6.07) is 0. The molecule has 108 valence electrons. The van der Waals surface area contributed by atoms with Crippen molar-refractivity contribution >= 4 is 5.91 Å². The second-order valence-electron chi connectivity index (χ2n) is 4.92. The summed E-state index contributed by atoms with van der Waals surface area (Å²) in [5.41, 5.74) is -0.680. The van der Waals surface area contributed by atoms with Crippen molar-refractivity contribution in [2.24, 2.45) is 5.41 Å². The molecule has 3 N–H and O–H groups in total. The van der Waals surface area contributed by atoms with E-state index in [0.717, 1.165) is 12.8 Å². The minimum Gasteiger partial charge on any atom is -0.396 e. The van der Waals surface area contributed by atoms with E-state index in [0.29, 0.717) is 12.4 Å². The third kappa shape index (κ3) is 3.92. The van der Waals surface area contributed by atoms with Crippen molar-refractivity contribution in [3.8, 4) is 0 Å². The van der Waals surface area contributed by atoms with E-state index in [1.54, 1.807) is 11.9 Å². The average molecular weight is 270 g/mol. The molecule has 0 aromatic carbocycles. The summed E-state index contributed by atoms with van der Waals surface area (Å²) in [5, 5.41) is 15.4. The Hall–Kier alpha value is -1.63. The fourth-order valence-corrected chi connectivity index (χ4v) is 2.01. The zero-order valence-electron chi connectivity index (χ0n) is 11.7. The van der Waals surface area contributed by atoms with Crippen molar-refractivity contribution in [3.63, 3.8) is 0 Å². The number of aromatic amines is 2. The van der Waals surface area contributed by atoms with Gasteiger partial charge in [-0.25, -0.2) is 9.89 Å². The fourth-order valence-electron chi connectivity index (χ4n) is 2.01. The van der Waals surface area contributed by atoms with Gasteiger partial charge >= 0.3 is 5.69 Å². The Morgan fingerprint density at radius 2 is 2.05 bits per heavy atom. The monoisotopic (exact) mass is 270 g/mol. The van der Waals surface area contributed by atoms with Gasteiger partial charge in [0.2, 0.25) is 5.91 Å². The highest BCUT2D eigenvalue weighted by Gasteiger charge is 2.28.